The van der Waals surface area contributed by atoms with Crippen LogP contribution in [-0.4, -0.2) is 67.8 Å². The summed E-state index contributed by atoms with van der Waals surface area (Å²) >= 11 is 0. The molecule has 27 heavy (non-hydrogen) atoms. The molecule has 9 heteroatoms. The Balaban J connectivity index is 1.50. The molecule has 146 valence electrons. The molecular weight excluding hydrogens is 354 g/mol. The van der Waals surface area contributed by atoms with Gasteiger partial charge in [-0.15, -0.1) is 0 Å². The smallest absolute Gasteiger partial charge is 0.417 e. The Morgan fingerprint density at radius 3 is 2.48 bits per heavy atom. The first-order valence-corrected chi connectivity index (χ1v) is 8.76. The van der Waals surface area contributed by atoms with Gasteiger partial charge >= 0.3 is 12.1 Å². The van der Waals surface area contributed by atoms with Crippen LogP contribution in [0.4, 0.5) is 9.59 Å². The molecule has 2 saturated heterocycles. The van der Waals surface area contributed by atoms with E-state index in [1.54, 1.807) is 25.2 Å². The minimum absolute atomic E-state index is 0.182. The molecule has 0 atom stereocenters. The third kappa shape index (κ3) is 4.07. The zero-order valence-electron chi connectivity index (χ0n) is 15.4. The Hall–Kier alpha value is -2.97. The van der Waals surface area contributed by atoms with Gasteiger partial charge in [0.1, 0.15) is 0 Å². The van der Waals surface area contributed by atoms with Crippen LogP contribution in [0.3, 0.4) is 0 Å². The second-order valence-electron chi connectivity index (χ2n) is 6.38. The van der Waals surface area contributed by atoms with Crippen LogP contribution in [0, 0.1) is 0 Å². The highest BCUT2D eigenvalue weighted by Gasteiger charge is 2.38. The SMILES string of the molecule is COc1ccc(CNC(=O)N2CCC(N3C(=O)COC3=O)CC2)cc1OC. The minimum Gasteiger partial charge on any atom is -0.493 e. The zero-order valence-corrected chi connectivity index (χ0v) is 15.4. The van der Waals surface area contributed by atoms with Gasteiger partial charge < -0.3 is 24.4 Å². The van der Waals surface area contributed by atoms with Crippen molar-refractivity contribution < 1.29 is 28.6 Å². The van der Waals surface area contributed by atoms with Gasteiger partial charge in [-0.2, -0.15) is 0 Å². The van der Waals surface area contributed by atoms with Crippen LogP contribution in [0.25, 0.3) is 0 Å². The van der Waals surface area contributed by atoms with E-state index in [0.717, 1.165) is 5.56 Å². The van der Waals surface area contributed by atoms with E-state index < -0.39 is 6.09 Å². The van der Waals surface area contributed by atoms with E-state index in [2.05, 4.69) is 5.32 Å². The predicted molar refractivity (Wildman–Crippen MR) is 94.6 cm³/mol. The molecule has 0 aromatic heterocycles. The lowest BCUT2D eigenvalue weighted by Gasteiger charge is -2.34. The monoisotopic (exact) mass is 377 g/mol. The number of carbonyl (C=O) groups excluding carboxylic acids is 3. The third-order valence-corrected chi connectivity index (χ3v) is 4.79. The average molecular weight is 377 g/mol. The van der Waals surface area contributed by atoms with Crippen molar-refractivity contribution in [2.75, 3.05) is 33.9 Å². The molecule has 0 saturated carbocycles. The minimum atomic E-state index is -0.587. The van der Waals surface area contributed by atoms with Crippen LogP contribution in [0.5, 0.6) is 11.5 Å². The number of rotatable bonds is 5. The maximum atomic E-state index is 12.4. The number of carbonyl (C=O) groups is 3. The molecule has 0 bridgehead atoms. The van der Waals surface area contributed by atoms with Crippen LogP contribution < -0.4 is 14.8 Å². The van der Waals surface area contributed by atoms with Crippen molar-refractivity contribution in [3.05, 3.63) is 23.8 Å². The number of hydrogen-bond donors (Lipinski definition) is 1. The average Bonchev–Trinajstić information content (AvgIpc) is 3.04. The number of hydrogen-bond acceptors (Lipinski definition) is 6. The summed E-state index contributed by atoms with van der Waals surface area (Å²) in [6.07, 6.45) is 0.506. The van der Waals surface area contributed by atoms with Crippen molar-refractivity contribution in [1.29, 1.82) is 0 Å². The summed E-state index contributed by atoms with van der Waals surface area (Å²) in [5, 5.41) is 2.88. The maximum absolute atomic E-state index is 12.4. The number of cyclic esters (lactones) is 1. The molecule has 9 nitrogen and oxygen atoms in total. The quantitative estimate of drug-likeness (QED) is 0.832. The van der Waals surface area contributed by atoms with Crippen molar-refractivity contribution in [2.45, 2.75) is 25.4 Å². The second-order valence-corrected chi connectivity index (χ2v) is 6.38. The molecule has 2 aliphatic rings. The van der Waals surface area contributed by atoms with E-state index in [1.807, 2.05) is 12.1 Å². The van der Waals surface area contributed by atoms with Gasteiger partial charge in [-0.05, 0) is 30.5 Å². The van der Waals surface area contributed by atoms with Crippen molar-refractivity contribution in [2.24, 2.45) is 0 Å². The molecule has 1 N–H and O–H groups in total. The largest absolute Gasteiger partial charge is 0.493 e. The highest BCUT2D eigenvalue weighted by Crippen LogP contribution is 2.27. The normalized spacial score (nSPS) is 17.7. The van der Waals surface area contributed by atoms with E-state index in [-0.39, 0.29) is 24.6 Å². The van der Waals surface area contributed by atoms with Crippen molar-refractivity contribution >= 4 is 18.0 Å². The van der Waals surface area contributed by atoms with Gasteiger partial charge in [-0.1, -0.05) is 6.07 Å². The van der Waals surface area contributed by atoms with Crippen LogP contribution in [0.15, 0.2) is 18.2 Å². The Kier molecular flexibility index (Phi) is 5.68. The molecule has 0 radical (unpaired) electrons. The van der Waals surface area contributed by atoms with Gasteiger partial charge in [0.25, 0.3) is 5.91 Å². The first-order valence-electron chi connectivity index (χ1n) is 8.76. The molecular formula is C18H23N3O6. The molecule has 4 amide bonds. The van der Waals surface area contributed by atoms with Crippen LogP contribution in [-0.2, 0) is 16.1 Å². The number of methoxy groups -OCH3 is 2. The van der Waals surface area contributed by atoms with E-state index in [9.17, 15) is 14.4 Å². The lowest BCUT2D eigenvalue weighted by molar-refractivity contribution is -0.127. The van der Waals surface area contributed by atoms with Crippen molar-refractivity contribution in [3.63, 3.8) is 0 Å². The first kappa shape index (κ1) is 18.8. The Morgan fingerprint density at radius 2 is 1.89 bits per heavy atom. The number of nitrogens with zero attached hydrogens (tertiary/aromatic N) is 2. The molecule has 1 aromatic carbocycles. The molecule has 1 aromatic rings. The summed E-state index contributed by atoms with van der Waals surface area (Å²) in [5.74, 6) is 0.924. The fourth-order valence-corrected chi connectivity index (χ4v) is 3.32. The maximum Gasteiger partial charge on any atom is 0.417 e. The number of imide groups is 1. The molecule has 0 aliphatic carbocycles. The molecule has 2 aliphatic heterocycles. The van der Waals surface area contributed by atoms with Gasteiger partial charge in [0.05, 0.1) is 14.2 Å². The van der Waals surface area contributed by atoms with Crippen molar-refractivity contribution in [1.82, 2.24) is 15.1 Å². The summed E-state index contributed by atoms with van der Waals surface area (Å²) in [5.41, 5.74) is 0.890. The molecule has 2 heterocycles. The number of ether oxygens (including phenoxy) is 3. The molecule has 0 unspecified atom stereocenters. The van der Waals surface area contributed by atoms with Crippen LogP contribution in [0.2, 0.25) is 0 Å². The predicted octanol–water partition coefficient (Wildman–Crippen LogP) is 1.36. The molecule has 3 rings (SSSR count). The van der Waals surface area contributed by atoms with Gasteiger partial charge in [0.2, 0.25) is 0 Å². The summed E-state index contributed by atoms with van der Waals surface area (Å²) in [6, 6.07) is 5.08. The first-order chi connectivity index (χ1) is 13.0. The number of piperidine rings is 1. The second kappa shape index (κ2) is 8.15. The van der Waals surface area contributed by atoms with Gasteiger partial charge in [-0.3, -0.25) is 4.79 Å². The van der Waals surface area contributed by atoms with Crippen molar-refractivity contribution in [3.8, 4) is 11.5 Å². The van der Waals surface area contributed by atoms with E-state index in [4.69, 9.17) is 14.2 Å². The van der Waals surface area contributed by atoms with Gasteiger partial charge in [0.15, 0.2) is 18.1 Å². The summed E-state index contributed by atoms with van der Waals surface area (Å²) in [4.78, 5) is 38.6. The molecule has 2 fully saturated rings. The lowest BCUT2D eigenvalue weighted by Crippen LogP contribution is -2.50. The number of amides is 4. The molecule has 0 spiro atoms. The van der Waals surface area contributed by atoms with Crippen LogP contribution in [0.1, 0.15) is 18.4 Å². The summed E-state index contributed by atoms with van der Waals surface area (Å²) in [7, 11) is 3.13. The number of likely N-dealkylation sites (tertiary alicyclic amines) is 1. The fraction of sp³-hybridized carbons (Fsp3) is 0.500. The zero-order chi connectivity index (χ0) is 19.4. The Bertz CT molecular complexity index is 714. The van der Waals surface area contributed by atoms with E-state index in [1.165, 1.54) is 4.90 Å². The standard InChI is InChI=1S/C18H23N3O6/c1-25-14-4-3-12(9-15(14)26-2)10-19-17(23)20-7-5-13(6-8-20)21-16(22)11-27-18(21)24/h3-4,9,13H,5-8,10-11H2,1-2H3,(H,19,23). The number of urea groups is 1. The van der Waals surface area contributed by atoms with Gasteiger partial charge in [-0.25, -0.2) is 14.5 Å². The Labute approximate surface area is 157 Å². The number of benzene rings is 1. The van der Waals surface area contributed by atoms with Gasteiger partial charge in [0, 0.05) is 25.7 Å². The van der Waals surface area contributed by atoms with Crippen LogP contribution >= 0.6 is 0 Å². The summed E-state index contributed by atoms with van der Waals surface area (Å²) < 4.78 is 15.2. The topological polar surface area (TPSA) is 97.4 Å². The highest BCUT2D eigenvalue weighted by atomic mass is 16.6. The highest BCUT2D eigenvalue weighted by molar-refractivity contribution is 5.98. The third-order valence-electron chi connectivity index (χ3n) is 4.79. The Morgan fingerprint density at radius 1 is 1.19 bits per heavy atom. The summed E-state index contributed by atoms with van der Waals surface area (Å²) in [6.45, 7) is 1.11. The fourth-order valence-electron chi connectivity index (χ4n) is 3.32. The number of nitrogens with one attached hydrogen (secondary N) is 1. The lowest BCUT2D eigenvalue weighted by atomic mass is 10.0. The van der Waals surface area contributed by atoms with E-state index in [0.29, 0.717) is 44.0 Å². The van der Waals surface area contributed by atoms with E-state index >= 15 is 0 Å².